The van der Waals surface area contributed by atoms with E-state index in [0.717, 1.165) is 0 Å². The fourth-order valence-corrected chi connectivity index (χ4v) is 2.12. The van der Waals surface area contributed by atoms with Gasteiger partial charge in [-0.15, -0.1) is 3.63 Å². The van der Waals surface area contributed by atoms with Crippen LogP contribution < -0.4 is 0 Å². The summed E-state index contributed by atoms with van der Waals surface area (Å²) in [7, 11) is -9.87. The lowest BCUT2D eigenvalue weighted by atomic mass is 10.2. The Morgan fingerprint density at radius 1 is 1.06 bits per heavy atom. The normalized spacial score (nSPS) is 12.6. The van der Waals surface area contributed by atoms with Gasteiger partial charge in [0.05, 0.1) is 6.61 Å². The lowest BCUT2D eigenvalue weighted by Crippen LogP contribution is -2.15. The Morgan fingerprint density at radius 3 is 2.12 bits per heavy atom. The second kappa shape index (κ2) is 4.89. The summed E-state index contributed by atoms with van der Waals surface area (Å²) in [6, 6.07) is 8.16. The molecule has 1 rings (SSSR count). The van der Waals surface area contributed by atoms with Crippen LogP contribution in [-0.2, 0) is 35.2 Å². The predicted molar refractivity (Wildman–Crippen MR) is 52.8 cm³/mol. The van der Waals surface area contributed by atoms with Gasteiger partial charge in [-0.25, -0.2) is 4.18 Å². The van der Waals surface area contributed by atoms with Crippen molar-refractivity contribution in [1.82, 2.24) is 0 Å². The highest BCUT2D eigenvalue weighted by molar-refractivity contribution is 7.94. The first-order valence-corrected chi connectivity index (χ1v) is 6.60. The maximum atomic E-state index is 10.8. The van der Waals surface area contributed by atoms with E-state index in [1.165, 1.54) is 0 Å². The van der Waals surface area contributed by atoms with Gasteiger partial charge >= 0.3 is 20.8 Å². The van der Waals surface area contributed by atoms with Gasteiger partial charge in [0.25, 0.3) is 0 Å². The van der Waals surface area contributed by atoms with Gasteiger partial charge in [-0.05, 0) is 5.56 Å². The molecule has 1 N–H and O–H groups in total. The average molecular weight is 268 g/mol. The van der Waals surface area contributed by atoms with Gasteiger partial charge in [0.1, 0.15) is 0 Å². The van der Waals surface area contributed by atoms with Crippen LogP contribution in [0.4, 0.5) is 0 Å². The third kappa shape index (κ3) is 5.19. The molecule has 0 aromatic heterocycles. The van der Waals surface area contributed by atoms with Gasteiger partial charge in [0.15, 0.2) is 0 Å². The first-order valence-electron chi connectivity index (χ1n) is 3.90. The Bertz CT molecular complexity index is 531. The van der Waals surface area contributed by atoms with E-state index >= 15 is 0 Å². The smallest absolute Gasteiger partial charge is 0.263 e. The molecule has 0 fully saturated rings. The molecule has 0 radical (unpaired) electrons. The molecule has 0 aliphatic heterocycles. The summed E-state index contributed by atoms with van der Waals surface area (Å²) in [5, 5.41) is 0. The zero-order chi connectivity index (χ0) is 12.2. The van der Waals surface area contributed by atoms with Crippen molar-refractivity contribution in [1.29, 1.82) is 0 Å². The van der Waals surface area contributed by atoms with Crippen LogP contribution in [-0.4, -0.2) is 21.4 Å². The molecular formula is C7H8O7S2. The minimum absolute atomic E-state index is 0.390. The second-order valence-electron chi connectivity index (χ2n) is 2.65. The summed E-state index contributed by atoms with van der Waals surface area (Å²) in [6.07, 6.45) is 0. The molecule has 0 spiro atoms. The monoisotopic (exact) mass is 268 g/mol. The number of hydrogen-bond acceptors (Lipinski definition) is 6. The molecule has 0 heterocycles. The molecule has 0 saturated carbocycles. The number of benzene rings is 1. The Kier molecular flexibility index (Phi) is 3.99. The topological polar surface area (TPSA) is 107 Å². The zero-order valence-corrected chi connectivity index (χ0v) is 9.44. The molecule has 0 saturated heterocycles. The van der Waals surface area contributed by atoms with Gasteiger partial charge in [0.2, 0.25) is 0 Å². The van der Waals surface area contributed by atoms with Crippen molar-refractivity contribution in [3.63, 3.8) is 0 Å². The minimum Gasteiger partial charge on any atom is -0.263 e. The Balaban J connectivity index is 2.63. The Labute approximate surface area is 92.9 Å². The van der Waals surface area contributed by atoms with Gasteiger partial charge in [-0.3, -0.25) is 4.55 Å². The molecule has 1 aromatic carbocycles. The van der Waals surface area contributed by atoms with Crippen molar-refractivity contribution >= 4 is 20.8 Å². The molecule has 7 nitrogen and oxygen atoms in total. The maximum absolute atomic E-state index is 10.8. The summed E-state index contributed by atoms with van der Waals surface area (Å²) in [6.45, 7) is -0.390. The van der Waals surface area contributed by atoms with E-state index in [1.807, 2.05) is 0 Å². The van der Waals surface area contributed by atoms with Crippen LogP contribution in [0.15, 0.2) is 30.3 Å². The molecular weight excluding hydrogens is 260 g/mol. The first kappa shape index (κ1) is 13.1. The molecule has 0 atom stereocenters. The van der Waals surface area contributed by atoms with Crippen LogP contribution >= 0.6 is 0 Å². The molecule has 0 aliphatic rings. The molecule has 1 aromatic rings. The molecule has 9 heteroatoms. The van der Waals surface area contributed by atoms with Crippen molar-refractivity contribution in [3.05, 3.63) is 35.9 Å². The van der Waals surface area contributed by atoms with Gasteiger partial charge < -0.3 is 0 Å². The highest BCUT2D eigenvalue weighted by Crippen LogP contribution is 2.07. The Morgan fingerprint density at radius 2 is 1.62 bits per heavy atom. The van der Waals surface area contributed by atoms with E-state index in [9.17, 15) is 16.8 Å². The highest BCUT2D eigenvalue weighted by atomic mass is 32.3. The fourth-order valence-electron chi connectivity index (χ4n) is 0.839. The van der Waals surface area contributed by atoms with Gasteiger partial charge in [-0.1, -0.05) is 30.3 Å². The molecule has 90 valence electrons. The summed E-state index contributed by atoms with van der Waals surface area (Å²) in [5.41, 5.74) is 0.505. The zero-order valence-electron chi connectivity index (χ0n) is 7.81. The quantitative estimate of drug-likeness (QED) is 0.763. The SMILES string of the molecule is O=S(=O)(O)OS(=O)(=O)OCc1ccccc1. The largest absolute Gasteiger partial charge is 0.416 e. The van der Waals surface area contributed by atoms with Crippen LogP contribution in [0, 0.1) is 0 Å². The van der Waals surface area contributed by atoms with Crippen LogP contribution in [0.2, 0.25) is 0 Å². The summed E-state index contributed by atoms with van der Waals surface area (Å²) in [5.74, 6) is 0. The van der Waals surface area contributed by atoms with Crippen molar-refractivity contribution in [3.8, 4) is 0 Å². The average Bonchev–Trinajstić information content (AvgIpc) is 2.13. The van der Waals surface area contributed by atoms with Crippen LogP contribution in [0.3, 0.4) is 0 Å². The van der Waals surface area contributed by atoms with Gasteiger partial charge in [-0.2, -0.15) is 16.8 Å². The van der Waals surface area contributed by atoms with Crippen molar-refractivity contribution in [2.24, 2.45) is 0 Å². The van der Waals surface area contributed by atoms with Crippen LogP contribution in [0.25, 0.3) is 0 Å². The Hall–Kier alpha value is -1.00. The molecule has 0 unspecified atom stereocenters. The lowest BCUT2D eigenvalue weighted by molar-refractivity contribution is 0.256. The summed E-state index contributed by atoms with van der Waals surface area (Å²) >= 11 is 0. The van der Waals surface area contributed by atoms with Crippen LogP contribution in [0.1, 0.15) is 5.56 Å². The van der Waals surface area contributed by atoms with Crippen molar-refractivity contribution in [2.75, 3.05) is 0 Å². The van der Waals surface area contributed by atoms with E-state index in [0.29, 0.717) is 5.56 Å². The summed E-state index contributed by atoms with van der Waals surface area (Å²) in [4.78, 5) is 0. The molecule has 0 aliphatic carbocycles. The first-order chi connectivity index (χ1) is 7.29. The fraction of sp³-hybridized carbons (Fsp3) is 0.143. The van der Waals surface area contributed by atoms with Gasteiger partial charge in [0, 0.05) is 0 Å². The van der Waals surface area contributed by atoms with Crippen LogP contribution in [0.5, 0.6) is 0 Å². The number of rotatable bonds is 5. The van der Waals surface area contributed by atoms with Crippen molar-refractivity contribution < 1.29 is 29.2 Å². The summed E-state index contributed by atoms with van der Waals surface area (Å²) < 4.78 is 57.6. The predicted octanol–water partition coefficient (Wildman–Crippen LogP) is 0.267. The maximum Gasteiger partial charge on any atom is 0.416 e. The third-order valence-electron chi connectivity index (χ3n) is 1.38. The third-order valence-corrected chi connectivity index (χ3v) is 3.14. The molecule has 0 amide bonds. The number of hydrogen-bond donors (Lipinski definition) is 1. The minimum atomic E-state index is -5.10. The van der Waals surface area contributed by atoms with E-state index < -0.39 is 27.4 Å². The molecule has 0 bridgehead atoms. The standard InChI is InChI=1S/C7H8O7S2/c8-15(9,10)14-16(11,12)13-6-7-4-2-1-3-5-7/h1-5H,6H2,(H,8,9,10). The lowest BCUT2D eigenvalue weighted by Gasteiger charge is -2.02. The van der Waals surface area contributed by atoms with E-state index in [4.69, 9.17) is 4.55 Å². The van der Waals surface area contributed by atoms with E-state index in [1.54, 1.807) is 30.3 Å². The van der Waals surface area contributed by atoms with E-state index in [2.05, 4.69) is 7.81 Å². The highest BCUT2D eigenvalue weighted by Gasteiger charge is 2.21. The molecule has 16 heavy (non-hydrogen) atoms. The van der Waals surface area contributed by atoms with Crippen molar-refractivity contribution in [2.45, 2.75) is 6.61 Å². The second-order valence-corrected chi connectivity index (χ2v) is 5.10. The van der Waals surface area contributed by atoms with E-state index in [-0.39, 0.29) is 0 Å².